The molecule has 24 heavy (non-hydrogen) atoms. The molecule has 122 valence electrons. The summed E-state index contributed by atoms with van der Waals surface area (Å²) in [6.07, 6.45) is 1.36. The first-order chi connectivity index (χ1) is 11.4. The summed E-state index contributed by atoms with van der Waals surface area (Å²) in [7, 11) is 0. The van der Waals surface area contributed by atoms with Crippen LogP contribution in [0.4, 0.5) is 0 Å². The van der Waals surface area contributed by atoms with Gasteiger partial charge in [-0.2, -0.15) is 0 Å². The molecule has 3 rings (SSSR count). The van der Waals surface area contributed by atoms with Gasteiger partial charge in [0.05, 0.1) is 4.47 Å². The van der Waals surface area contributed by atoms with E-state index in [2.05, 4.69) is 26.6 Å². The van der Waals surface area contributed by atoms with Crippen molar-refractivity contribution in [3.63, 3.8) is 0 Å². The largest absolute Gasteiger partial charge is 0.449 e. The Kier molecular flexibility index (Phi) is 5.09. The molecule has 0 aliphatic carbocycles. The van der Waals surface area contributed by atoms with Crippen LogP contribution in [0.1, 0.15) is 5.76 Å². The summed E-state index contributed by atoms with van der Waals surface area (Å²) in [4.78, 5) is 24.6. The van der Waals surface area contributed by atoms with Crippen molar-refractivity contribution in [1.82, 2.24) is 10.6 Å². The molecule has 0 radical (unpaired) electrons. The molecule has 0 bridgehead atoms. The van der Waals surface area contributed by atoms with Gasteiger partial charge in [-0.3, -0.25) is 20.2 Å². The summed E-state index contributed by atoms with van der Waals surface area (Å²) in [5.41, 5.74) is -0.0760. The lowest BCUT2D eigenvalue weighted by Gasteiger charge is -2.15. The standard InChI is InChI=1S/C15H8BrClN2O3S2/c16-11-6-8(5-10-12(20)18-15(23)19-13(10)21)22-14(11)24-9-3-1-7(17)2-4-9/h1-6H,(H2,18,19,20,21,23). The minimum absolute atomic E-state index is 0.0123. The third-order valence-corrected chi connectivity index (χ3v) is 5.23. The first-order valence-electron chi connectivity index (χ1n) is 6.53. The van der Waals surface area contributed by atoms with Crippen molar-refractivity contribution < 1.29 is 14.0 Å². The van der Waals surface area contributed by atoms with Crippen molar-refractivity contribution in [2.45, 2.75) is 9.99 Å². The van der Waals surface area contributed by atoms with Crippen molar-refractivity contribution >= 4 is 74.5 Å². The normalized spacial score (nSPS) is 14.4. The molecule has 1 aliphatic heterocycles. The minimum atomic E-state index is -0.567. The summed E-state index contributed by atoms with van der Waals surface area (Å²) in [6.45, 7) is 0. The Labute approximate surface area is 159 Å². The zero-order valence-corrected chi connectivity index (χ0v) is 15.7. The molecule has 0 saturated carbocycles. The van der Waals surface area contributed by atoms with Crippen molar-refractivity contribution in [1.29, 1.82) is 0 Å². The lowest BCUT2D eigenvalue weighted by Crippen LogP contribution is -2.51. The number of benzene rings is 1. The number of rotatable bonds is 3. The zero-order chi connectivity index (χ0) is 17.3. The van der Waals surface area contributed by atoms with Crippen LogP contribution in [0.25, 0.3) is 6.08 Å². The lowest BCUT2D eigenvalue weighted by molar-refractivity contribution is -0.123. The van der Waals surface area contributed by atoms with Gasteiger partial charge in [0.1, 0.15) is 11.3 Å². The molecule has 2 heterocycles. The lowest BCUT2D eigenvalue weighted by atomic mass is 10.1. The smallest absolute Gasteiger partial charge is 0.263 e. The molecule has 1 aromatic heterocycles. The molecule has 1 saturated heterocycles. The van der Waals surface area contributed by atoms with E-state index < -0.39 is 11.8 Å². The minimum Gasteiger partial charge on any atom is -0.449 e. The Bertz CT molecular complexity index is 855. The van der Waals surface area contributed by atoms with E-state index in [4.69, 9.17) is 28.2 Å². The summed E-state index contributed by atoms with van der Waals surface area (Å²) >= 11 is 15.4. The van der Waals surface area contributed by atoms with Crippen LogP contribution in [-0.4, -0.2) is 16.9 Å². The van der Waals surface area contributed by atoms with Gasteiger partial charge in [0.15, 0.2) is 10.2 Å². The summed E-state index contributed by atoms with van der Waals surface area (Å²) in [5, 5.41) is 5.97. The van der Waals surface area contributed by atoms with Crippen molar-refractivity contribution in [2.24, 2.45) is 0 Å². The van der Waals surface area contributed by atoms with E-state index in [1.54, 1.807) is 18.2 Å². The Balaban J connectivity index is 1.84. The van der Waals surface area contributed by atoms with Gasteiger partial charge in [0.2, 0.25) is 0 Å². The van der Waals surface area contributed by atoms with Crippen LogP contribution in [0.3, 0.4) is 0 Å². The Morgan fingerprint density at radius 2 is 1.79 bits per heavy atom. The van der Waals surface area contributed by atoms with Crippen LogP contribution in [0.5, 0.6) is 0 Å². The van der Waals surface area contributed by atoms with Crippen LogP contribution in [0.15, 0.2) is 54.8 Å². The third kappa shape index (κ3) is 3.89. The van der Waals surface area contributed by atoms with Gasteiger partial charge in [0, 0.05) is 9.92 Å². The monoisotopic (exact) mass is 442 g/mol. The van der Waals surface area contributed by atoms with E-state index in [9.17, 15) is 9.59 Å². The molecule has 1 aromatic carbocycles. The van der Waals surface area contributed by atoms with E-state index >= 15 is 0 Å². The molecule has 0 unspecified atom stereocenters. The number of hydrogen-bond acceptors (Lipinski definition) is 5. The quantitative estimate of drug-likeness (QED) is 0.429. The topological polar surface area (TPSA) is 71.3 Å². The fourth-order valence-electron chi connectivity index (χ4n) is 1.87. The summed E-state index contributed by atoms with van der Waals surface area (Å²) in [6, 6.07) is 8.97. The molecule has 1 fully saturated rings. The zero-order valence-electron chi connectivity index (χ0n) is 11.8. The number of amides is 2. The number of furan rings is 1. The van der Waals surface area contributed by atoms with E-state index in [0.29, 0.717) is 20.3 Å². The Morgan fingerprint density at radius 1 is 1.17 bits per heavy atom. The molecule has 2 N–H and O–H groups in total. The van der Waals surface area contributed by atoms with Gasteiger partial charge in [-0.15, -0.1) is 0 Å². The van der Waals surface area contributed by atoms with Gasteiger partial charge in [-0.25, -0.2) is 0 Å². The van der Waals surface area contributed by atoms with Crippen molar-refractivity contribution in [2.75, 3.05) is 0 Å². The first-order valence-corrected chi connectivity index (χ1v) is 8.93. The number of hydrogen-bond donors (Lipinski definition) is 2. The number of halogens is 2. The van der Waals surface area contributed by atoms with Crippen LogP contribution in [0.2, 0.25) is 5.02 Å². The molecule has 2 amide bonds. The molecule has 9 heteroatoms. The second kappa shape index (κ2) is 7.10. The first kappa shape index (κ1) is 17.2. The molecule has 5 nitrogen and oxygen atoms in total. The van der Waals surface area contributed by atoms with E-state index in [1.165, 1.54) is 17.8 Å². The highest BCUT2D eigenvalue weighted by atomic mass is 79.9. The highest BCUT2D eigenvalue weighted by Gasteiger charge is 2.26. The van der Waals surface area contributed by atoms with E-state index in [-0.39, 0.29) is 10.7 Å². The van der Waals surface area contributed by atoms with Crippen LogP contribution >= 0.6 is 51.5 Å². The molecular weight excluding hydrogens is 436 g/mol. The molecular formula is C15H8BrClN2O3S2. The maximum Gasteiger partial charge on any atom is 0.263 e. The second-order valence-corrected chi connectivity index (χ2v) is 7.38. The van der Waals surface area contributed by atoms with Crippen LogP contribution < -0.4 is 10.6 Å². The van der Waals surface area contributed by atoms with E-state index in [0.717, 1.165) is 4.90 Å². The van der Waals surface area contributed by atoms with E-state index in [1.807, 2.05) is 12.1 Å². The van der Waals surface area contributed by atoms with Gasteiger partial charge < -0.3 is 4.42 Å². The molecule has 2 aromatic rings. The number of nitrogens with one attached hydrogen (secondary N) is 2. The predicted octanol–water partition coefficient (Wildman–Crippen LogP) is 3.76. The Morgan fingerprint density at radius 3 is 2.42 bits per heavy atom. The molecule has 1 aliphatic rings. The fourth-order valence-corrected chi connectivity index (χ4v) is 3.51. The fraction of sp³-hybridized carbons (Fsp3) is 0. The summed E-state index contributed by atoms with van der Waals surface area (Å²) < 4.78 is 6.40. The molecule has 0 atom stereocenters. The predicted molar refractivity (Wildman–Crippen MR) is 98.8 cm³/mol. The van der Waals surface area contributed by atoms with Crippen LogP contribution in [0, 0.1) is 0 Å². The SMILES string of the molecule is O=C1NC(=S)NC(=O)C1=Cc1cc(Br)c(Sc2ccc(Cl)cc2)o1. The number of carbonyl (C=O) groups is 2. The highest BCUT2D eigenvalue weighted by molar-refractivity contribution is 9.10. The van der Waals surface area contributed by atoms with Gasteiger partial charge in [-0.1, -0.05) is 23.4 Å². The Hall–Kier alpha value is -1.61. The van der Waals surface area contributed by atoms with Gasteiger partial charge in [0.25, 0.3) is 11.8 Å². The van der Waals surface area contributed by atoms with Gasteiger partial charge in [-0.05, 0) is 64.6 Å². The average molecular weight is 444 g/mol. The molecule has 0 spiro atoms. The second-order valence-electron chi connectivity index (χ2n) is 4.64. The average Bonchev–Trinajstić information content (AvgIpc) is 2.85. The summed E-state index contributed by atoms with van der Waals surface area (Å²) in [5.74, 6) is -0.766. The van der Waals surface area contributed by atoms with Gasteiger partial charge >= 0.3 is 0 Å². The van der Waals surface area contributed by atoms with Crippen LogP contribution in [-0.2, 0) is 9.59 Å². The maximum absolute atomic E-state index is 11.8. The highest BCUT2D eigenvalue weighted by Crippen LogP contribution is 2.36. The maximum atomic E-state index is 11.8. The van der Waals surface area contributed by atoms with Crippen molar-refractivity contribution in [3.05, 3.63) is 51.2 Å². The third-order valence-electron chi connectivity index (χ3n) is 2.93. The number of thiocarbonyl (C=S) groups is 1. The number of carbonyl (C=O) groups excluding carboxylic acids is 2. The van der Waals surface area contributed by atoms with Crippen molar-refractivity contribution in [3.8, 4) is 0 Å².